The van der Waals surface area contributed by atoms with Gasteiger partial charge in [-0.25, -0.2) is 4.39 Å². The van der Waals surface area contributed by atoms with Crippen LogP contribution < -0.4 is 0 Å². The van der Waals surface area contributed by atoms with E-state index < -0.39 is 6.10 Å². The van der Waals surface area contributed by atoms with E-state index in [2.05, 4.69) is 10.00 Å². The molecular weight excluding hydrogens is 317 g/mol. The van der Waals surface area contributed by atoms with Crippen LogP contribution in [-0.4, -0.2) is 32.9 Å². The van der Waals surface area contributed by atoms with Crippen LogP contribution in [0.4, 0.5) is 4.39 Å². The van der Waals surface area contributed by atoms with Crippen LogP contribution >= 0.6 is 11.6 Å². The average Bonchev–Trinajstić information content (AvgIpc) is 3.04. The van der Waals surface area contributed by atoms with Gasteiger partial charge in [0.1, 0.15) is 11.0 Å². The van der Waals surface area contributed by atoms with Gasteiger partial charge in [-0.15, -0.1) is 0 Å². The molecular formula is C17H21ClFN3O. The number of β-amino-alcohol motifs (C(OH)–C–C–N with tert-alkyl or cyclic N) is 1. The molecule has 3 rings (SSSR count). The standard InChI is InChI=1S/C17H21ClFN3O/c1-11-16(17(18)21(2)20-11)14-7-4-8-22(14)10-15(23)12-5-3-6-13(19)9-12/h3,5-6,9,14-15,23H,4,7-8,10H2,1-2H3/t14-,15-/m0/s1. The molecule has 0 spiro atoms. The SMILES string of the molecule is Cc1nn(C)c(Cl)c1[C@@H]1CCCN1C[C@H](O)c1cccc(F)c1. The van der Waals surface area contributed by atoms with Crippen molar-refractivity contribution in [2.24, 2.45) is 7.05 Å². The maximum Gasteiger partial charge on any atom is 0.131 e. The predicted octanol–water partition coefficient (Wildman–Crippen LogP) is 3.39. The van der Waals surface area contributed by atoms with E-state index in [9.17, 15) is 9.50 Å². The third-order valence-corrected chi connectivity index (χ3v) is 4.98. The van der Waals surface area contributed by atoms with Crippen LogP contribution in [0.1, 0.15) is 41.8 Å². The second-order valence-electron chi connectivity index (χ2n) is 6.14. The van der Waals surface area contributed by atoms with Crippen LogP contribution in [0.3, 0.4) is 0 Å². The Labute approximate surface area is 140 Å². The van der Waals surface area contributed by atoms with Crippen molar-refractivity contribution in [1.29, 1.82) is 0 Å². The minimum Gasteiger partial charge on any atom is -0.387 e. The van der Waals surface area contributed by atoms with E-state index in [1.54, 1.807) is 16.8 Å². The van der Waals surface area contributed by atoms with Crippen LogP contribution in [0.15, 0.2) is 24.3 Å². The molecule has 1 aliphatic rings. The van der Waals surface area contributed by atoms with Gasteiger partial charge in [-0.05, 0) is 44.0 Å². The molecule has 2 aromatic rings. The van der Waals surface area contributed by atoms with Crippen LogP contribution in [0.2, 0.25) is 5.15 Å². The second kappa shape index (κ2) is 6.59. The lowest BCUT2D eigenvalue weighted by Crippen LogP contribution is -2.28. The van der Waals surface area contributed by atoms with Gasteiger partial charge in [-0.3, -0.25) is 9.58 Å². The molecule has 1 fully saturated rings. The molecule has 0 unspecified atom stereocenters. The molecule has 0 saturated carbocycles. The Kier molecular flexibility index (Phi) is 4.71. The molecule has 1 N–H and O–H groups in total. The first-order valence-electron chi connectivity index (χ1n) is 7.84. The topological polar surface area (TPSA) is 41.3 Å². The molecule has 0 radical (unpaired) electrons. The molecule has 0 aliphatic carbocycles. The molecule has 0 amide bonds. The summed E-state index contributed by atoms with van der Waals surface area (Å²) in [6, 6.07) is 6.30. The molecule has 23 heavy (non-hydrogen) atoms. The van der Waals surface area contributed by atoms with E-state index in [0.29, 0.717) is 17.3 Å². The van der Waals surface area contributed by atoms with Crippen molar-refractivity contribution < 1.29 is 9.50 Å². The number of rotatable bonds is 4. The average molecular weight is 338 g/mol. The van der Waals surface area contributed by atoms with Crippen molar-refractivity contribution in [3.63, 3.8) is 0 Å². The van der Waals surface area contributed by atoms with Gasteiger partial charge in [0.25, 0.3) is 0 Å². The van der Waals surface area contributed by atoms with Gasteiger partial charge in [0.05, 0.1) is 11.8 Å². The summed E-state index contributed by atoms with van der Waals surface area (Å²) in [5, 5.41) is 15.5. The third-order valence-electron chi connectivity index (χ3n) is 4.53. The van der Waals surface area contributed by atoms with Crippen molar-refractivity contribution in [3.05, 3.63) is 52.1 Å². The summed E-state index contributed by atoms with van der Waals surface area (Å²) in [6.07, 6.45) is 1.31. The Morgan fingerprint density at radius 1 is 1.48 bits per heavy atom. The van der Waals surface area contributed by atoms with Gasteiger partial charge >= 0.3 is 0 Å². The highest BCUT2D eigenvalue weighted by Gasteiger charge is 2.32. The zero-order valence-corrected chi connectivity index (χ0v) is 14.1. The van der Waals surface area contributed by atoms with Gasteiger partial charge in [-0.2, -0.15) is 5.10 Å². The van der Waals surface area contributed by atoms with Gasteiger partial charge in [0.2, 0.25) is 0 Å². The summed E-state index contributed by atoms with van der Waals surface area (Å²) >= 11 is 6.40. The number of hydrogen-bond acceptors (Lipinski definition) is 3. The number of aryl methyl sites for hydroxylation is 2. The van der Waals surface area contributed by atoms with E-state index in [-0.39, 0.29) is 11.9 Å². The molecule has 1 aromatic carbocycles. The summed E-state index contributed by atoms with van der Waals surface area (Å²) in [4.78, 5) is 2.21. The number of hydrogen-bond donors (Lipinski definition) is 1. The molecule has 1 aromatic heterocycles. The molecule has 6 heteroatoms. The second-order valence-corrected chi connectivity index (χ2v) is 6.50. The number of aliphatic hydroxyl groups is 1. The summed E-state index contributed by atoms with van der Waals surface area (Å²) in [5.41, 5.74) is 2.57. The molecule has 1 saturated heterocycles. The zero-order chi connectivity index (χ0) is 16.6. The first-order valence-corrected chi connectivity index (χ1v) is 8.21. The largest absolute Gasteiger partial charge is 0.387 e. The maximum absolute atomic E-state index is 13.3. The summed E-state index contributed by atoms with van der Waals surface area (Å²) < 4.78 is 15.0. The van der Waals surface area contributed by atoms with E-state index in [1.807, 2.05) is 14.0 Å². The quantitative estimate of drug-likeness (QED) is 0.929. The Balaban J connectivity index is 1.79. The fourth-order valence-electron chi connectivity index (χ4n) is 3.44. The smallest absolute Gasteiger partial charge is 0.131 e. The number of likely N-dealkylation sites (tertiary alicyclic amines) is 1. The van der Waals surface area contributed by atoms with Crippen molar-refractivity contribution >= 4 is 11.6 Å². The van der Waals surface area contributed by atoms with E-state index in [4.69, 9.17) is 11.6 Å². The summed E-state index contributed by atoms with van der Waals surface area (Å²) in [7, 11) is 1.83. The maximum atomic E-state index is 13.3. The van der Waals surface area contributed by atoms with E-state index in [0.717, 1.165) is 30.6 Å². The lowest BCUT2D eigenvalue weighted by Gasteiger charge is -2.27. The first kappa shape index (κ1) is 16.4. The highest BCUT2D eigenvalue weighted by atomic mass is 35.5. The van der Waals surface area contributed by atoms with Gasteiger partial charge < -0.3 is 5.11 Å². The van der Waals surface area contributed by atoms with Crippen molar-refractivity contribution in [1.82, 2.24) is 14.7 Å². The number of benzene rings is 1. The van der Waals surface area contributed by atoms with E-state index in [1.165, 1.54) is 12.1 Å². The lowest BCUT2D eigenvalue weighted by molar-refractivity contribution is 0.106. The molecule has 1 aliphatic heterocycles. The monoisotopic (exact) mass is 337 g/mol. The first-order chi connectivity index (χ1) is 11.0. The normalized spacial score (nSPS) is 20.1. The molecule has 0 bridgehead atoms. The Hall–Kier alpha value is -1.43. The molecule has 2 heterocycles. The highest BCUT2D eigenvalue weighted by Crippen LogP contribution is 2.38. The Morgan fingerprint density at radius 2 is 2.26 bits per heavy atom. The minimum atomic E-state index is -0.720. The Bertz CT molecular complexity index is 703. The van der Waals surface area contributed by atoms with Crippen LogP contribution in [0.5, 0.6) is 0 Å². The highest BCUT2D eigenvalue weighted by molar-refractivity contribution is 6.30. The number of nitrogens with zero attached hydrogens (tertiary/aromatic N) is 3. The van der Waals surface area contributed by atoms with Crippen LogP contribution in [0.25, 0.3) is 0 Å². The van der Waals surface area contributed by atoms with Crippen molar-refractivity contribution in [2.45, 2.75) is 31.9 Å². The van der Waals surface area contributed by atoms with E-state index >= 15 is 0 Å². The molecule has 4 nitrogen and oxygen atoms in total. The lowest BCUT2D eigenvalue weighted by atomic mass is 10.0. The number of aromatic nitrogens is 2. The minimum absolute atomic E-state index is 0.152. The van der Waals surface area contributed by atoms with Crippen molar-refractivity contribution in [3.8, 4) is 0 Å². The van der Waals surface area contributed by atoms with Gasteiger partial charge in [0.15, 0.2) is 0 Å². The van der Waals surface area contributed by atoms with Gasteiger partial charge in [-0.1, -0.05) is 23.7 Å². The fraction of sp³-hybridized carbons (Fsp3) is 0.471. The molecule has 2 atom stereocenters. The predicted molar refractivity (Wildman–Crippen MR) is 87.9 cm³/mol. The zero-order valence-electron chi connectivity index (χ0n) is 13.3. The Morgan fingerprint density at radius 3 is 2.91 bits per heavy atom. The molecule has 124 valence electrons. The van der Waals surface area contributed by atoms with Crippen molar-refractivity contribution in [2.75, 3.05) is 13.1 Å². The number of halogens is 2. The fourth-order valence-corrected chi connectivity index (χ4v) is 3.74. The summed E-state index contributed by atoms with van der Waals surface area (Å²) in [6.45, 7) is 3.31. The van der Waals surface area contributed by atoms with Crippen LogP contribution in [-0.2, 0) is 7.05 Å². The summed E-state index contributed by atoms with van der Waals surface area (Å²) in [5.74, 6) is -0.328. The van der Waals surface area contributed by atoms with Gasteiger partial charge in [0, 0.05) is 25.2 Å². The van der Waals surface area contributed by atoms with Crippen LogP contribution in [0, 0.1) is 12.7 Å². The number of aliphatic hydroxyl groups excluding tert-OH is 1. The third kappa shape index (κ3) is 3.27.